The number of carbonyl (C=O) groups excluding carboxylic acids is 3. The molecule has 76 valence electrons. The minimum Gasteiger partial charge on any atom is -0.291 e. The predicted molar refractivity (Wildman–Crippen MR) is 49.8 cm³/mol. The van der Waals surface area contributed by atoms with Crippen LogP contribution in [0, 0.1) is 16.7 Å². The first-order valence-electron chi connectivity index (χ1n) is 4.64. The van der Waals surface area contributed by atoms with Crippen molar-refractivity contribution in [3.63, 3.8) is 0 Å². The number of halogens is 1. The van der Waals surface area contributed by atoms with Crippen LogP contribution in [0.1, 0.15) is 26.7 Å². The van der Waals surface area contributed by atoms with E-state index in [-0.39, 0.29) is 5.92 Å². The second-order valence-corrected chi connectivity index (χ2v) is 5.03. The van der Waals surface area contributed by atoms with E-state index in [2.05, 4.69) is 0 Å². The second-order valence-electron chi connectivity index (χ2n) is 4.69. The summed E-state index contributed by atoms with van der Waals surface area (Å²) in [6.45, 7) is 3.57. The highest BCUT2D eigenvalue weighted by atomic mass is 35.5. The molecular formula is C10H11ClO3. The SMILES string of the molecule is CC1(C)C2CCC1(C(=O)Cl)C(=O)C2=O. The van der Waals surface area contributed by atoms with Crippen molar-refractivity contribution < 1.29 is 14.4 Å². The quantitative estimate of drug-likeness (QED) is 0.376. The van der Waals surface area contributed by atoms with Crippen LogP contribution < -0.4 is 0 Å². The van der Waals surface area contributed by atoms with Gasteiger partial charge < -0.3 is 0 Å². The molecule has 0 aliphatic heterocycles. The zero-order valence-corrected chi connectivity index (χ0v) is 8.85. The van der Waals surface area contributed by atoms with Gasteiger partial charge in [0.05, 0.1) is 0 Å². The zero-order valence-electron chi connectivity index (χ0n) is 8.09. The number of rotatable bonds is 1. The molecule has 4 heteroatoms. The maximum atomic E-state index is 11.7. The van der Waals surface area contributed by atoms with E-state index < -0.39 is 27.6 Å². The van der Waals surface area contributed by atoms with Crippen molar-refractivity contribution in [2.24, 2.45) is 16.7 Å². The molecule has 3 nitrogen and oxygen atoms in total. The monoisotopic (exact) mass is 214 g/mol. The molecule has 2 aliphatic carbocycles. The van der Waals surface area contributed by atoms with E-state index >= 15 is 0 Å². The molecule has 0 heterocycles. The van der Waals surface area contributed by atoms with Crippen LogP contribution in [-0.2, 0) is 14.4 Å². The van der Waals surface area contributed by atoms with Gasteiger partial charge in [-0.25, -0.2) is 0 Å². The third kappa shape index (κ3) is 0.738. The lowest BCUT2D eigenvalue weighted by atomic mass is 9.70. The van der Waals surface area contributed by atoms with Crippen molar-refractivity contribution in [3.8, 4) is 0 Å². The van der Waals surface area contributed by atoms with Gasteiger partial charge in [-0.05, 0) is 29.9 Å². The van der Waals surface area contributed by atoms with Gasteiger partial charge in [-0.3, -0.25) is 14.4 Å². The number of Topliss-reactive ketones (excluding diaryl/α,β-unsaturated/α-hetero) is 2. The molecule has 2 atom stereocenters. The van der Waals surface area contributed by atoms with Gasteiger partial charge in [-0.1, -0.05) is 13.8 Å². The topological polar surface area (TPSA) is 51.2 Å². The van der Waals surface area contributed by atoms with Crippen LogP contribution in [0.2, 0.25) is 0 Å². The van der Waals surface area contributed by atoms with Gasteiger partial charge in [-0.2, -0.15) is 0 Å². The summed E-state index contributed by atoms with van der Waals surface area (Å²) in [4.78, 5) is 34.6. The third-order valence-corrected chi connectivity index (χ3v) is 4.37. The Hall–Kier alpha value is -0.700. The minimum absolute atomic E-state index is 0.308. The summed E-state index contributed by atoms with van der Waals surface area (Å²) in [7, 11) is 0. The fourth-order valence-corrected chi connectivity index (χ4v) is 3.44. The molecule has 0 aromatic carbocycles. The summed E-state index contributed by atoms with van der Waals surface area (Å²) >= 11 is 5.50. The molecule has 2 fully saturated rings. The van der Waals surface area contributed by atoms with Crippen LogP contribution in [0.15, 0.2) is 0 Å². The number of hydrogen-bond acceptors (Lipinski definition) is 3. The second kappa shape index (κ2) is 2.45. The van der Waals surface area contributed by atoms with Crippen molar-refractivity contribution >= 4 is 28.4 Å². The highest BCUT2D eigenvalue weighted by Gasteiger charge is 2.72. The minimum atomic E-state index is -1.23. The maximum Gasteiger partial charge on any atom is 0.236 e. The molecule has 2 unspecified atom stereocenters. The molecule has 2 aliphatic rings. The first-order valence-corrected chi connectivity index (χ1v) is 5.02. The first-order chi connectivity index (χ1) is 6.35. The van der Waals surface area contributed by atoms with Gasteiger partial charge in [0.15, 0.2) is 0 Å². The molecule has 0 amide bonds. The number of hydrogen-bond donors (Lipinski definition) is 0. The van der Waals surface area contributed by atoms with Crippen LogP contribution in [-0.4, -0.2) is 16.8 Å². The van der Waals surface area contributed by atoms with Gasteiger partial charge in [-0.15, -0.1) is 0 Å². The van der Waals surface area contributed by atoms with E-state index in [9.17, 15) is 14.4 Å². The third-order valence-electron chi connectivity index (χ3n) is 4.04. The average molecular weight is 215 g/mol. The van der Waals surface area contributed by atoms with Crippen molar-refractivity contribution in [2.45, 2.75) is 26.7 Å². The summed E-state index contributed by atoms with van der Waals surface area (Å²) in [6.07, 6.45) is 1.04. The first kappa shape index (κ1) is 9.84. The van der Waals surface area contributed by atoms with Crippen LogP contribution in [0.25, 0.3) is 0 Å². The van der Waals surface area contributed by atoms with Gasteiger partial charge in [0.2, 0.25) is 16.8 Å². The molecule has 0 saturated heterocycles. The Kier molecular flexibility index (Phi) is 1.72. The van der Waals surface area contributed by atoms with E-state index in [0.717, 1.165) is 0 Å². The summed E-state index contributed by atoms with van der Waals surface area (Å²) in [5, 5.41) is -0.666. The van der Waals surface area contributed by atoms with Crippen LogP contribution >= 0.6 is 11.6 Å². The average Bonchev–Trinajstić information content (AvgIpc) is 2.41. The molecule has 2 saturated carbocycles. The molecule has 2 bridgehead atoms. The highest BCUT2D eigenvalue weighted by molar-refractivity contribution is 6.69. The Balaban J connectivity index is 2.65. The Morgan fingerprint density at radius 3 is 2.29 bits per heavy atom. The lowest BCUT2D eigenvalue weighted by molar-refractivity contribution is -0.145. The van der Waals surface area contributed by atoms with Gasteiger partial charge >= 0.3 is 0 Å². The molecule has 0 aromatic heterocycles. The number of ketones is 2. The standard InChI is InChI=1S/C10H11ClO3/c1-9(2)5-3-4-10(9,8(11)14)7(13)6(5)12/h5H,3-4H2,1-2H3. The van der Waals surface area contributed by atoms with Gasteiger partial charge in [0.25, 0.3) is 0 Å². The fraction of sp³-hybridized carbons (Fsp3) is 0.700. The van der Waals surface area contributed by atoms with Crippen LogP contribution in [0.3, 0.4) is 0 Å². The molecule has 2 rings (SSSR count). The van der Waals surface area contributed by atoms with Gasteiger partial charge in [0.1, 0.15) is 5.41 Å². The molecular weight excluding hydrogens is 204 g/mol. The summed E-state index contributed by atoms with van der Waals surface area (Å²) in [5.74, 6) is -1.29. The van der Waals surface area contributed by atoms with Crippen molar-refractivity contribution in [1.82, 2.24) is 0 Å². The predicted octanol–water partition coefficient (Wildman–Crippen LogP) is 1.33. The summed E-state index contributed by atoms with van der Waals surface area (Å²) < 4.78 is 0. The molecule has 0 N–H and O–H groups in total. The zero-order chi connectivity index (χ0) is 10.7. The van der Waals surface area contributed by atoms with Crippen molar-refractivity contribution in [1.29, 1.82) is 0 Å². The summed E-state index contributed by atoms with van der Waals surface area (Å²) in [5.41, 5.74) is -1.82. The molecule has 14 heavy (non-hydrogen) atoms. The van der Waals surface area contributed by atoms with E-state index in [1.165, 1.54) is 0 Å². The number of carbonyl (C=O) groups is 3. The van der Waals surface area contributed by atoms with E-state index in [4.69, 9.17) is 11.6 Å². The van der Waals surface area contributed by atoms with E-state index in [0.29, 0.717) is 12.8 Å². The molecule has 0 radical (unpaired) electrons. The maximum absolute atomic E-state index is 11.7. The number of fused-ring (bicyclic) bond motifs is 2. The Morgan fingerprint density at radius 2 is 2.00 bits per heavy atom. The lowest BCUT2D eigenvalue weighted by Gasteiger charge is -2.31. The Morgan fingerprint density at radius 1 is 1.43 bits per heavy atom. The fourth-order valence-electron chi connectivity index (χ4n) is 3.02. The normalized spacial score (nSPS) is 39.2. The summed E-state index contributed by atoms with van der Waals surface area (Å²) in [6, 6.07) is 0. The molecule has 0 aromatic rings. The van der Waals surface area contributed by atoms with Crippen LogP contribution in [0.5, 0.6) is 0 Å². The van der Waals surface area contributed by atoms with E-state index in [1.807, 2.05) is 0 Å². The molecule has 0 spiro atoms. The van der Waals surface area contributed by atoms with Gasteiger partial charge in [0, 0.05) is 5.92 Å². The Labute approximate surface area is 86.8 Å². The van der Waals surface area contributed by atoms with E-state index in [1.54, 1.807) is 13.8 Å². The van der Waals surface area contributed by atoms with Crippen LogP contribution in [0.4, 0.5) is 0 Å². The smallest absolute Gasteiger partial charge is 0.236 e. The van der Waals surface area contributed by atoms with Crippen molar-refractivity contribution in [2.75, 3.05) is 0 Å². The highest BCUT2D eigenvalue weighted by Crippen LogP contribution is 2.63. The Bertz CT molecular complexity index is 358. The van der Waals surface area contributed by atoms with Crippen molar-refractivity contribution in [3.05, 3.63) is 0 Å². The largest absolute Gasteiger partial charge is 0.291 e. The lowest BCUT2D eigenvalue weighted by Crippen LogP contribution is -2.42.